The summed E-state index contributed by atoms with van der Waals surface area (Å²) in [6.45, 7) is 2.06. The Morgan fingerprint density at radius 2 is 2.21 bits per heavy atom. The molecule has 2 rings (SSSR count). The lowest BCUT2D eigenvalue weighted by atomic mass is 10.2. The van der Waals surface area contributed by atoms with Crippen LogP contribution < -0.4 is 10.5 Å². The largest absolute Gasteiger partial charge is 0.349 e. The third-order valence-electron chi connectivity index (χ3n) is 3.27. The maximum atomic E-state index is 12.0. The smallest absolute Gasteiger partial charge is 0.253 e. The number of hydrogen-bond donors (Lipinski definition) is 2. The van der Waals surface area contributed by atoms with Crippen LogP contribution in [-0.4, -0.2) is 20.4 Å². The normalized spacial score (nSPS) is 22.1. The van der Waals surface area contributed by atoms with E-state index in [1.165, 1.54) is 18.2 Å². The molecule has 1 aliphatic carbocycles. The highest BCUT2D eigenvalue weighted by Gasteiger charge is 2.36. The van der Waals surface area contributed by atoms with E-state index in [-0.39, 0.29) is 27.4 Å². The van der Waals surface area contributed by atoms with Crippen LogP contribution in [0, 0.1) is 5.92 Å². The maximum absolute atomic E-state index is 12.0. The summed E-state index contributed by atoms with van der Waals surface area (Å²) in [7, 11) is -3.84. The van der Waals surface area contributed by atoms with Crippen molar-refractivity contribution in [3.63, 3.8) is 0 Å². The van der Waals surface area contributed by atoms with Crippen molar-refractivity contribution in [1.82, 2.24) is 5.32 Å². The lowest BCUT2D eigenvalue weighted by Crippen LogP contribution is -2.27. The first-order chi connectivity index (χ1) is 8.82. The fourth-order valence-corrected chi connectivity index (χ4v) is 2.72. The van der Waals surface area contributed by atoms with Crippen molar-refractivity contribution in [2.45, 2.75) is 30.7 Å². The Labute approximate surface area is 117 Å². The Morgan fingerprint density at radius 1 is 1.53 bits per heavy atom. The van der Waals surface area contributed by atoms with Crippen LogP contribution in [0.4, 0.5) is 0 Å². The van der Waals surface area contributed by atoms with E-state index >= 15 is 0 Å². The molecule has 2 unspecified atom stereocenters. The number of rotatable bonds is 4. The molecule has 1 amide bonds. The van der Waals surface area contributed by atoms with Gasteiger partial charge >= 0.3 is 0 Å². The van der Waals surface area contributed by atoms with E-state index < -0.39 is 10.0 Å². The zero-order valence-electron chi connectivity index (χ0n) is 10.4. The molecule has 5 nitrogen and oxygen atoms in total. The molecule has 0 heterocycles. The topological polar surface area (TPSA) is 89.3 Å². The fourth-order valence-electron chi connectivity index (χ4n) is 1.98. The molecular formula is C12H15ClN2O3S. The molecule has 1 aromatic rings. The van der Waals surface area contributed by atoms with Crippen molar-refractivity contribution in [3.05, 3.63) is 28.8 Å². The number of benzene rings is 1. The van der Waals surface area contributed by atoms with Crippen LogP contribution in [0.25, 0.3) is 0 Å². The average Bonchev–Trinajstić information content (AvgIpc) is 3.06. The van der Waals surface area contributed by atoms with Gasteiger partial charge in [-0.1, -0.05) is 24.9 Å². The minimum Gasteiger partial charge on any atom is -0.349 e. The highest BCUT2D eigenvalue weighted by Crippen LogP contribution is 2.33. The fraction of sp³-hybridized carbons (Fsp3) is 0.417. The lowest BCUT2D eigenvalue weighted by Gasteiger charge is -2.07. The summed E-state index contributed by atoms with van der Waals surface area (Å²) in [5.74, 6) is 0.139. The van der Waals surface area contributed by atoms with Gasteiger partial charge in [0, 0.05) is 6.04 Å². The van der Waals surface area contributed by atoms with Crippen LogP contribution in [0.5, 0.6) is 0 Å². The second-order valence-corrected chi connectivity index (χ2v) is 6.64. The van der Waals surface area contributed by atoms with Crippen LogP contribution in [-0.2, 0) is 10.0 Å². The van der Waals surface area contributed by atoms with E-state index in [1.807, 2.05) is 0 Å². The van der Waals surface area contributed by atoms with Gasteiger partial charge in [0.15, 0.2) is 0 Å². The van der Waals surface area contributed by atoms with E-state index in [9.17, 15) is 13.2 Å². The zero-order chi connectivity index (χ0) is 14.2. The number of carbonyl (C=O) groups excluding carboxylic acids is 1. The molecule has 0 aliphatic heterocycles. The van der Waals surface area contributed by atoms with Crippen molar-refractivity contribution in [2.75, 3.05) is 0 Å². The second-order valence-electron chi connectivity index (χ2n) is 4.67. The van der Waals surface area contributed by atoms with Gasteiger partial charge in [-0.2, -0.15) is 0 Å². The van der Waals surface area contributed by atoms with E-state index in [0.717, 1.165) is 12.8 Å². The Hall–Kier alpha value is -1.11. The number of nitrogens with two attached hydrogens (primary N) is 1. The summed E-state index contributed by atoms with van der Waals surface area (Å²) in [5.41, 5.74) is 0.134. The average molecular weight is 303 g/mol. The highest BCUT2D eigenvalue weighted by molar-refractivity contribution is 7.89. The predicted octanol–water partition coefficient (Wildman–Crippen LogP) is 1.52. The van der Waals surface area contributed by atoms with E-state index in [4.69, 9.17) is 16.7 Å². The standard InChI is InChI=1S/C12H15ClN2O3S/c1-2-7-5-11(7)15-12(16)9-6-8(19(14,17)18)3-4-10(9)13/h3-4,6-7,11H,2,5H2,1H3,(H,15,16)(H2,14,17,18). The number of carbonyl (C=O) groups is 1. The molecule has 1 fully saturated rings. The van der Waals surface area contributed by atoms with Crippen molar-refractivity contribution in [1.29, 1.82) is 0 Å². The Balaban J connectivity index is 2.21. The van der Waals surface area contributed by atoms with Gasteiger partial charge in [-0.15, -0.1) is 0 Å². The first-order valence-electron chi connectivity index (χ1n) is 5.96. The zero-order valence-corrected chi connectivity index (χ0v) is 12.0. The van der Waals surface area contributed by atoms with Gasteiger partial charge in [0.25, 0.3) is 5.91 Å². The van der Waals surface area contributed by atoms with Gasteiger partial charge in [0.2, 0.25) is 10.0 Å². The monoisotopic (exact) mass is 302 g/mol. The number of amides is 1. The minimum absolute atomic E-state index is 0.120. The summed E-state index contributed by atoms with van der Waals surface area (Å²) in [6.07, 6.45) is 1.96. The molecule has 7 heteroatoms. The van der Waals surface area contributed by atoms with Gasteiger partial charge in [0.05, 0.1) is 15.5 Å². The summed E-state index contributed by atoms with van der Waals surface area (Å²) in [6, 6.07) is 4.00. The third kappa shape index (κ3) is 3.26. The summed E-state index contributed by atoms with van der Waals surface area (Å²) >= 11 is 5.92. The molecule has 0 aromatic heterocycles. The minimum atomic E-state index is -3.84. The lowest BCUT2D eigenvalue weighted by molar-refractivity contribution is 0.0949. The van der Waals surface area contributed by atoms with Gasteiger partial charge in [0.1, 0.15) is 0 Å². The molecule has 2 atom stereocenters. The first-order valence-corrected chi connectivity index (χ1v) is 7.88. The molecular weight excluding hydrogens is 288 g/mol. The van der Waals surface area contributed by atoms with Crippen molar-refractivity contribution >= 4 is 27.5 Å². The van der Waals surface area contributed by atoms with Crippen molar-refractivity contribution in [2.24, 2.45) is 11.1 Å². The predicted molar refractivity (Wildman–Crippen MR) is 72.5 cm³/mol. The molecule has 1 aliphatic rings. The van der Waals surface area contributed by atoms with E-state index in [0.29, 0.717) is 5.92 Å². The molecule has 0 saturated heterocycles. The Kier molecular flexibility index (Phi) is 3.85. The second kappa shape index (κ2) is 5.11. The van der Waals surface area contributed by atoms with Crippen molar-refractivity contribution < 1.29 is 13.2 Å². The highest BCUT2D eigenvalue weighted by atomic mass is 35.5. The maximum Gasteiger partial charge on any atom is 0.253 e. The Morgan fingerprint density at radius 3 is 2.74 bits per heavy atom. The summed E-state index contributed by atoms with van der Waals surface area (Å²) < 4.78 is 22.5. The molecule has 1 saturated carbocycles. The quantitative estimate of drug-likeness (QED) is 0.883. The molecule has 1 aromatic carbocycles. The van der Waals surface area contributed by atoms with Gasteiger partial charge in [-0.25, -0.2) is 13.6 Å². The molecule has 0 radical (unpaired) electrons. The number of nitrogens with one attached hydrogen (secondary N) is 1. The van der Waals surface area contributed by atoms with Crippen LogP contribution in [0.1, 0.15) is 30.1 Å². The third-order valence-corrected chi connectivity index (χ3v) is 4.52. The van der Waals surface area contributed by atoms with E-state index in [2.05, 4.69) is 12.2 Å². The number of halogens is 1. The SMILES string of the molecule is CCC1CC1NC(=O)c1cc(S(N)(=O)=O)ccc1Cl. The molecule has 3 N–H and O–H groups in total. The molecule has 104 valence electrons. The van der Waals surface area contributed by atoms with Gasteiger partial charge < -0.3 is 5.32 Å². The van der Waals surface area contributed by atoms with Crippen LogP contribution in [0.2, 0.25) is 5.02 Å². The van der Waals surface area contributed by atoms with Crippen LogP contribution >= 0.6 is 11.6 Å². The van der Waals surface area contributed by atoms with Crippen LogP contribution in [0.3, 0.4) is 0 Å². The molecule has 0 bridgehead atoms. The van der Waals surface area contributed by atoms with Crippen LogP contribution in [0.15, 0.2) is 23.1 Å². The molecule has 19 heavy (non-hydrogen) atoms. The molecule has 0 spiro atoms. The summed E-state index contributed by atoms with van der Waals surface area (Å²) in [4.78, 5) is 11.9. The van der Waals surface area contributed by atoms with Gasteiger partial charge in [-0.3, -0.25) is 4.79 Å². The number of sulfonamides is 1. The van der Waals surface area contributed by atoms with E-state index in [1.54, 1.807) is 0 Å². The first kappa shape index (κ1) is 14.3. The van der Waals surface area contributed by atoms with Crippen molar-refractivity contribution in [3.8, 4) is 0 Å². The summed E-state index contributed by atoms with van der Waals surface area (Å²) in [5, 5.41) is 8.07. The number of primary sulfonamides is 1. The Bertz CT molecular complexity index is 615. The number of hydrogen-bond acceptors (Lipinski definition) is 3. The van der Waals surface area contributed by atoms with Gasteiger partial charge in [-0.05, 0) is 30.5 Å².